The molecule has 0 aliphatic carbocycles. The van der Waals surface area contributed by atoms with Crippen molar-refractivity contribution in [3.63, 3.8) is 0 Å². The highest BCUT2D eigenvalue weighted by molar-refractivity contribution is 4.56. The highest BCUT2D eigenvalue weighted by atomic mass is 16.3. The molecule has 0 aromatic rings. The summed E-state index contributed by atoms with van der Waals surface area (Å²) >= 11 is 0. The van der Waals surface area contributed by atoms with E-state index in [2.05, 4.69) is 5.18 Å². The van der Waals surface area contributed by atoms with Gasteiger partial charge in [-0.25, -0.2) is 0 Å². The fourth-order valence-electron chi connectivity index (χ4n) is 0.439. The molecule has 3 heteroatoms. The first-order valence-corrected chi connectivity index (χ1v) is 2.74. The lowest BCUT2D eigenvalue weighted by atomic mass is 10.2. The molecule has 48 valence electrons. The van der Waals surface area contributed by atoms with Crippen LogP contribution in [-0.2, 0) is 0 Å². The van der Waals surface area contributed by atoms with Gasteiger partial charge < -0.3 is 5.11 Å². The minimum atomic E-state index is -0.137. The van der Waals surface area contributed by atoms with Gasteiger partial charge in [-0.1, -0.05) is 5.18 Å². The normalized spacial score (nSPS) is 13.2. The molecule has 0 aromatic carbocycles. The second-order valence-electron chi connectivity index (χ2n) is 1.82. The molecule has 0 aliphatic rings. The molecule has 8 heavy (non-hydrogen) atoms. The van der Waals surface area contributed by atoms with Gasteiger partial charge in [0.2, 0.25) is 0 Å². The average molecular weight is 117 g/mol. The third-order valence-corrected chi connectivity index (χ3v) is 0.960. The Kier molecular flexibility index (Phi) is 4.45. The van der Waals surface area contributed by atoms with Crippen molar-refractivity contribution in [1.29, 1.82) is 0 Å². The van der Waals surface area contributed by atoms with E-state index < -0.39 is 0 Å². The molecule has 0 saturated heterocycles. The molecule has 0 amide bonds. The summed E-state index contributed by atoms with van der Waals surface area (Å²) in [5, 5.41) is 11.0. The second kappa shape index (κ2) is 4.71. The molecule has 0 radical (unpaired) electrons. The Labute approximate surface area is 48.7 Å². The number of hydrogen-bond donors (Lipinski definition) is 1. The van der Waals surface area contributed by atoms with Gasteiger partial charge in [0.25, 0.3) is 0 Å². The van der Waals surface area contributed by atoms with Crippen molar-refractivity contribution < 1.29 is 5.11 Å². The van der Waals surface area contributed by atoms with Gasteiger partial charge in [0.05, 0.1) is 6.04 Å². The summed E-state index contributed by atoms with van der Waals surface area (Å²) in [4.78, 5) is 9.68. The Morgan fingerprint density at radius 2 is 2.38 bits per heavy atom. The van der Waals surface area contributed by atoms with Crippen LogP contribution in [0.4, 0.5) is 0 Å². The largest absolute Gasteiger partial charge is 0.396 e. The summed E-state index contributed by atoms with van der Waals surface area (Å²) < 4.78 is 0. The summed E-state index contributed by atoms with van der Waals surface area (Å²) in [6.07, 6.45) is 1.37. The van der Waals surface area contributed by atoms with Crippen LogP contribution in [0.5, 0.6) is 0 Å². The van der Waals surface area contributed by atoms with Crippen molar-refractivity contribution in [2.45, 2.75) is 25.8 Å². The van der Waals surface area contributed by atoms with Crippen molar-refractivity contribution in [2.75, 3.05) is 6.61 Å². The van der Waals surface area contributed by atoms with Gasteiger partial charge in [-0.3, -0.25) is 0 Å². The maximum atomic E-state index is 9.68. The highest BCUT2D eigenvalue weighted by Crippen LogP contribution is 1.97. The monoisotopic (exact) mass is 117 g/mol. The van der Waals surface area contributed by atoms with Gasteiger partial charge in [-0.15, -0.1) is 0 Å². The minimum Gasteiger partial charge on any atom is -0.396 e. The molecular weight excluding hydrogens is 106 g/mol. The van der Waals surface area contributed by atoms with Crippen molar-refractivity contribution in [3.05, 3.63) is 4.91 Å². The van der Waals surface area contributed by atoms with E-state index in [4.69, 9.17) is 5.11 Å². The fraction of sp³-hybridized carbons (Fsp3) is 1.00. The predicted octanol–water partition coefficient (Wildman–Crippen LogP) is 0.914. The summed E-state index contributed by atoms with van der Waals surface area (Å²) in [5.41, 5.74) is 0. The van der Waals surface area contributed by atoms with Crippen LogP contribution in [0, 0.1) is 4.91 Å². The lowest BCUT2D eigenvalue weighted by molar-refractivity contribution is 0.281. The zero-order valence-electron chi connectivity index (χ0n) is 5.00. The van der Waals surface area contributed by atoms with Crippen LogP contribution >= 0.6 is 0 Å². The lowest BCUT2D eigenvalue weighted by Gasteiger charge is -1.96. The molecule has 0 rings (SSSR count). The Balaban J connectivity index is 2.98. The van der Waals surface area contributed by atoms with Crippen molar-refractivity contribution in [1.82, 2.24) is 0 Å². The van der Waals surface area contributed by atoms with Crippen molar-refractivity contribution in [3.8, 4) is 0 Å². The van der Waals surface area contributed by atoms with Crippen LogP contribution in [0.2, 0.25) is 0 Å². The van der Waals surface area contributed by atoms with E-state index in [9.17, 15) is 4.91 Å². The second-order valence-corrected chi connectivity index (χ2v) is 1.82. The van der Waals surface area contributed by atoms with Crippen LogP contribution < -0.4 is 0 Å². The highest BCUT2D eigenvalue weighted by Gasteiger charge is 1.96. The number of nitroso groups, excluding NO2 is 1. The van der Waals surface area contributed by atoms with E-state index in [0.29, 0.717) is 12.8 Å². The zero-order chi connectivity index (χ0) is 6.41. The Morgan fingerprint density at radius 3 is 2.75 bits per heavy atom. The maximum Gasteiger partial charge on any atom is 0.0892 e. The van der Waals surface area contributed by atoms with E-state index in [0.717, 1.165) is 0 Å². The molecule has 0 spiro atoms. The van der Waals surface area contributed by atoms with Gasteiger partial charge in [-0.2, -0.15) is 4.91 Å². The van der Waals surface area contributed by atoms with Crippen LogP contribution in [0.25, 0.3) is 0 Å². The Morgan fingerprint density at radius 1 is 1.75 bits per heavy atom. The average Bonchev–Trinajstić information content (AvgIpc) is 1.83. The quantitative estimate of drug-likeness (QED) is 0.556. The molecule has 0 aliphatic heterocycles. The fourth-order valence-corrected chi connectivity index (χ4v) is 0.439. The van der Waals surface area contributed by atoms with E-state index >= 15 is 0 Å². The molecule has 0 heterocycles. The number of aliphatic hydroxyl groups excluding tert-OH is 1. The maximum absolute atomic E-state index is 9.68. The molecule has 1 N–H and O–H groups in total. The summed E-state index contributed by atoms with van der Waals surface area (Å²) in [5.74, 6) is 0. The standard InChI is InChI=1S/C5H11NO2/c1-5(6-8)3-2-4-7/h5,7H,2-4H2,1H3. The van der Waals surface area contributed by atoms with Crippen LogP contribution in [0.3, 0.4) is 0 Å². The van der Waals surface area contributed by atoms with Crippen LogP contribution in [0.1, 0.15) is 19.8 Å². The lowest BCUT2D eigenvalue weighted by Crippen LogP contribution is -1.97. The molecule has 1 atom stereocenters. The third-order valence-electron chi connectivity index (χ3n) is 0.960. The Hall–Kier alpha value is -0.440. The molecule has 0 bridgehead atoms. The summed E-state index contributed by atoms with van der Waals surface area (Å²) in [7, 11) is 0. The molecule has 0 fully saturated rings. The predicted molar refractivity (Wildman–Crippen MR) is 31.6 cm³/mol. The molecule has 3 nitrogen and oxygen atoms in total. The summed E-state index contributed by atoms with van der Waals surface area (Å²) in [6.45, 7) is 1.89. The first-order valence-electron chi connectivity index (χ1n) is 2.74. The molecule has 1 unspecified atom stereocenters. The minimum absolute atomic E-state index is 0.137. The van der Waals surface area contributed by atoms with E-state index in [-0.39, 0.29) is 12.6 Å². The number of hydrogen-bond acceptors (Lipinski definition) is 3. The van der Waals surface area contributed by atoms with Gasteiger partial charge in [0.1, 0.15) is 0 Å². The van der Waals surface area contributed by atoms with Gasteiger partial charge in [0, 0.05) is 6.61 Å². The topological polar surface area (TPSA) is 49.7 Å². The van der Waals surface area contributed by atoms with Gasteiger partial charge >= 0.3 is 0 Å². The SMILES string of the molecule is CC(CCCO)N=O. The number of rotatable bonds is 4. The first kappa shape index (κ1) is 7.56. The number of aliphatic hydroxyl groups is 1. The van der Waals surface area contributed by atoms with Crippen LogP contribution in [0.15, 0.2) is 5.18 Å². The van der Waals surface area contributed by atoms with E-state index in [1.54, 1.807) is 6.92 Å². The van der Waals surface area contributed by atoms with Crippen LogP contribution in [-0.4, -0.2) is 17.8 Å². The zero-order valence-corrected chi connectivity index (χ0v) is 5.00. The van der Waals surface area contributed by atoms with Crippen molar-refractivity contribution >= 4 is 0 Å². The third kappa shape index (κ3) is 3.74. The van der Waals surface area contributed by atoms with Crippen molar-refractivity contribution in [2.24, 2.45) is 5.18 Å². The molecular formula is C5H11NO2. The first-order chi connectivity index (χ1) is 3.81. The summed E-state index contributed by atoms with van der Waals surface area (Å²) in [6, 6.07) is -0.137. The smallest absolute Gasteiger partial charge is 0.0892 e. The Bertz CT molecular complexity index is 65.4. The van der Waals surface area contributed by atoms with Gasteiger partial charge in [-0.05, 0) is 19.8 Å². The number of nitrogens with zero attached hydrogens (tertiary/aromatic N) is 1. The molecule has 0 aromatic heterocycles. The molecule has 0 saturated carbocycles. The van der Waals surface area contributed by atoms with Gasteiger partial charge in [0.15, 0.2) is 0 Å². The van der Waals surface area contributed by atoms with E-state index in [1.807, 2.05) is 0 Å². The van der Waals surface area contributed by atoms with E-state index in [1.165, 1.54) is 0 Å².